The average molecular weight is 265 g/mol. The van der Waals surface area contributed by atoms with Crippen molar-refractivity contribution in [3.8, 4) is 0 Å². The van der Waals surface area contributed by atoms with E-state index in [1.165, 1.54) is 0 Å². The minimum absolute atomic E-state index is 0. The Morgan fingerprint density at radius 3 is 0.500 bits per heavy atom. The van der Waals surface area contributed by atoms with Gasteiger partial charge < -0.3 is 21.9 Å². The summed E-state index contributed by atoms with van der Waals surface area (Å²) >= 11 is 0. The van der Waals surface area contributed by atoms with Crippen LogP contribution in [0.2, 0.25) is 0 Å². The Balaban J connectivity index is 0. The van der Waals surface area contributed by atoms with E-state index in [0.29, 0.717) is 0 Å². The Labute approximate surface area is 86.5 Å². The van der Waals surface area contributed by atoms with Gasteiger partial charge in [-0.3, -0.25) is 0 Å². The van der Waals surface area contributed by atoms with Crippen molar-refractivity contribution in [2.75, 3.05) is 0 Å². The van der Waals surface area contributed by atoms with Crippen LogP contribution in [-0.4, -0.2) is 70.8 Å². The van der Waals surface area contributed by atoms with Crippen LogP contribution >= 0.6 is 0 Å². The zero-order valence-electron chi connectivity index (χ0n) is 3.06. The summed E-state index contributed by atoms with van der Waals surface area (Å²) in [7, 11) is 0. The molecule has 0 aromatic carbocycles. The largest absolute Gasteiger partial charge is 0.412 e. The van der Waals surface area contributed by atoms with E-state index in [0.717, 1.165) is 0 Å². The Hall–Kier alpha value is 1.93. The fraction of sp³-hybridized carbons (Fsp3) is 0. The fourth-order valence-electron chi connectivity index (χ4n) is 0. The zero-order valence-corrected chi connectivity index (χ0v) is 8.61. The van der Waals surface area contributed by atoms with Gasteiger partial charge in [0.05, 0.1) is 0 Å². The second kappa shape index (κ2) is 65.4. The molecule has 0 aromatic heterocycles. The predicted molar refractivity (Wildman–Crippen MR) is 20.2 cm³/mol. The van der Waals surface area contributed by atoms with Crippen molar-refractivity contribution in [2.45, 2.75) is 0 Å². The molecule has 0 saturated carbocycles. The van der Waals surface area contributed by atoms with Gasteiger partial charge in [-0.15, -0.1) is 0 Å². The van der Waals surface area contributed by atoms with Gasteiger partial charge in [-0.25, -0.2) is 0 Å². The summed E-state index contributed by atoms with van der Waals surface area (Å²) in [5.74, 6) is 0. The third kappa shape index (κ3) is 38.7. The molecule has 0 fully saturated rings. The molecule has 6 heavy (non-hydrogen) atoms. The van der Waals surface area contributed by atoms with Crippen LogP contribution in [0.1, 0.15) is 0 Å². The summed E-state index contributed by atoms with van der Waals surface area (Å²) < 4.78 is 0. The van der Waals surface area contributed by atoms with Gasteiger partial charge in [0.15, 0.2) is 0 Å². The smallest absolute Gasteiger partial charge is 0 e. The second-order valence-electron chi connectivity index (χ2n) is 0. The molecule has 6 heteroatoms. The molecule has 0 amide bonds. The minimum atomic E-state index is 0. The molecular formula is H8BaFeO4. The first kappa shape index (κ1) is 102. The van der Waals surface area contributed by atoms with E-state index in [4.69, 9.17) is 0 Å². The molecule has 0 bridgehead atoms. The van der Waals surface area contributed by atoms with Crippen LogP contribution in [-0.2, 0) is 17.1 Å². The van der Waals surface area contributed by atoms with Crippen molar-refractivity contribution >= 4 is 48.9 Å². The molecule has 0 atom stereocenters. The summed E-state index contributed by atoms with van der Waals surface area (Å²) in [5, 5.41) is 0. The van der Waals surface area contributed by atoms with E-state index in [9.17, 15) is 0 Å². The Morgan fingerprint density at radius 2 is 0.500 bits per heavy atom. The quantitative estimate of drug-likeness (QED) is 0.400. The van der Waals surface area contributed by atoms with Crippen LogP contribution in [0.3, 0.4) is 0 Å². The van der Waals surface area contributed by atoms with E-state index < -0.39 is 0 Å². The SMILES string of the molecule is O.O.O.O.[Ba].[Fe]. The maximum atomic E-state index is 0. The van der Waals surface area contributed by atoms with E-state index >= 15 is 0 Å². The number of hydrogen-bond acceptors (Lipinski definition) is 0. The van der Waals surface area contributed by atoms with E-state index in [2.05, 4.69) is 0 Å². The molecule has 0 aliphatic rings. The molecular weight excluding hydrogens is 257 g/mol. The van der Waals surface area contributed by atoms with Crippen LogP contribution in [0, 0.1) is 0 Å². The van der Waals surface area contributed by atoms with Crippen LogP contribution in [0.5, 0.6) is 0 Å². The summed E-state index contributed by atoms with van der Waals surface area (Å²) in [6.07, 6.45) is 0. The van der Waals surface area contributed by atoms with Crippen molar-refractivity contribution in [3.63, 3.8) is 0 Å². The van der Waals surface area contributed by atoms with Crippen molar-refractivity contribution in [2.24, 2.45) is 0 Å². The first-order valence-corrected chi connectivity index (χ1v) is 0. The van der Waals surface area contributed by atoms with E-state index in [-0.39, 0.29) is 87.9 Å². The minimum Gasteiger partial charge on any atom is -0.412 e. The summed E-state index contributed by atoms with van der Waals surface area (Å²) in [6, 6.07) is 0. The Bertz CT molecular complexity index is 7.51. The molecule has 0 heterocycles. The van der Waals surface area contributed by atoms with Crippen LogP contribution in [0.25, 0.3) is 0 Å². The van der Waals surface area contributed by atoms with Gasteiger partial charge in [0.25, 0.3) is 0 Å². The van der Waals surface area contributed by atoms with Gasteiger partial charge in [-0.05, 0) is 0 Å². The topological polar surface area (TPSA) is 126 Å². The molecule has 0 saturated heterocycles. The van der Waals surface area contributed by atoms with Crippen molar-refractivity contribution in [1.29, 1.82) is 0 Å². The fourth-order valence-corrected chi connectivity index (χ4v) is 0. The molecule has 0 aromatic rings. The summed E-state index contributed by atoms with van der Waals surface area (Å²) in [5.41, 5.74) is 0. The molecule has 42 valence electrons. The number of rotatable bonds is 0. The van der Waals surface area contributed by atoms with Crippen LogP contribution in [0.4, 0.5) is 0 Å². The third-order valence-corrected chi connectivity index (χ3v) is 0. The summed E-state index contributed by atoms with van der Waals surface area (Å²) in [4.78, 5) is 0. The molecule has 0 unspecified atom stereocenters. The van der Waals surface area contributed by atoms with Crippen LogP contribution in [0.15, 0.2) is 0 Å². The zero-order chi connectivity index (χ0) is 0. The average Bonchev–Trinajstić information content (AvgIpc) is 0. The molecule has 0 rings (SSSR count). The van der Waals surface area contributed by atoms with E-state index in [1.54, 1.807) is 0 Å². The predicted octanol–water partition coefficient (Wildman–Crippen LogP) is -3.68. The van der Waals surface area contributed by atoms with Crippen LogP contribution < -0.4 is 0 Å². The second-order valence-corrected chi connectivity index (χ2v) is 0. The molecule has 8 N–H and O–H groups in total. The maximum absolute atomic E-state index is 0. The Morgan fingerprint density at radius 1 is 0.500 bits per heavy atom. The van der Waals surface area contributed by atoms with Crippen molar-refractivity contribution < 1.29 is 39.0 Å². The monoisotopic (exact) mass is 266 g/mol. The van der Waals surface area contributed by atoms with E-state index in [1.807, 2.05) is 0 Å². The summed E-state index contributed by atoms with van der Waals surface area (Å²) in [6.45, 7) is 0. The molecule has 0 aliphatic carbocycles. The van der Waals surface area contributed by atoms with Gasteiger partial charge in [-0.2, -0.15) is 0 Å². The van der Waals surface area contributed by atoms with Crippen molar-refractivity contribution in [3.05, 3.63) is 0 Å². The van der Waals surface area contributed by atoms with Gasteiger partial charge in [0.1, 0.15) is 0 Å². The maximum Gasteiger partial charge on any atom is 0 e. The molecule has 4 nitrogen and oxygen atoms in total. The first-order valence-electron chi connectivity index (χ1n) is 0. The van der Waals surface area contributed by atoms with Gasteiger partial charge in [-0.1, -0.05) is 0 Å². The number of hydrogen-bond donors (Lipinski definition) is 0. The van der Waals surface area contributed by atoms with Gasteiger partial charge in [0.2, 0.25) is 0 Å². The standard InChI is InChI=1S/Ba.Fe.4H2O/h;;4*1H2. The Kier molecular flexibility index (Phi) is 1110. The van der Waals surface area contributed by atoms with Crippen molar-refractivity contribution in [1.82, 2.24) is 0 Å². The van der Waals surface area contributed by atoms with Gasteiger partial charge >= 0.3 is 0 Å². The normalized spacial score (nSPS) is 0. The molecule has 2 radical (unpaired) electrons. The van der Waals surface area contributed by atoms with Gasteiger partial charge in [0, 0.05) is 65.9 Å². The third-order valence-electron chi connectivity index (χ3n) is 0. The first-order chi connectivity index (χ1) is 0. The molecule has 0 spiro atoms. The molecule has 0 aliphatic heterocycles.